The summed E-state index contributed by atoms with van der Waals surface area (Å²) < 4.78 is 18.4. The summed E-state index contributed by atoms with van der Waals surface area (Å²) in [6.07, 6.45) is 3.10. The van der Waals surface area contributed by atoms with Gasteiger partial charge >= 0.3 is 6.03 Å². The molecule has 5 nitrogen and oxygen atoms in total. The van der Waals surface area contributed by atoms with Crippen LogP contribution in [0.25, 0.3) is 0 Å². The zero-order valence-electron chi connectivity index (χ0n) is 16.1. The summed E-state index contributed by atoms with van der Waals surface area (Å²) in [6, 6.07) is 16.3. The van der Waals surface area contributed by atoms with Crippen LogP contribution in [0.4, 0.5) is 9.18 Å². The van der Waals surface area contributed by atoms with Crippen molar-refractivity contribution >= 4 is 6.03 Å². The van der Waals surface area contributed by atoms with E-state index >= 15 is 0 Å². The SMILES string of the molecule is O=C(NCCCOc1ccc(F)cc1)NCC(c1ccccc1)N1CCCC1. The van der Waals surface area contributed by atoms with Gasteiger partial charge < -0.3 is 15.4 Å². The number of carbonyl (C=O) groups is 1. The van der Waals surface area contributed by atoms with Crippen LogP contribution in [0, 0.1) is 5.82 Å². The highest BCUT2D eigenvalue weighted by molar-refractivity contribution is 5.73. The van der Waals surface area contributed by atoms with E-state index in [9.17, 15) is 9.18 Å². The number of hydrogen-bond acceptors (Lipinski definition) is 3. The molecule has 0 spiro atoms. The Bertz CT molecular complexity index is 718. The number of amides is 2. The molecule has 28 heavy (non-hydrogen) atoms. The summed E-state index contributed by atoms with van der Waals surface area (Å²) in [5.74, 6) is 0.343. The fourth-order valence-electron chi connectivity index (χ4n) is 3.43. The molecular weight excluding hydrogens is 357 g/mol. The number of rotatable bonds is 9. The van der Waals surface area contributed by atoms with Gasteiger partial charge in [-0.1, -0.05) is 30.3 Å². The molecule has 1 unspecified atom stereocenters. The molecule has 1 fully saturated rings. The summed E-state index contributed by atoms with van der Waals surface area (Å²) in [4.78, 5) is 14.6. The second kappa shape index (κ2) is 10.7. The zero-order valence-corrected chi connectivity index (χ0v) is 16.1. The van der Waals surface area contributed by atoms with Crippen LogP contribution in [0.5, 0.6) is 5.75 Å². The number of urea groups is 1. The van der Waals surface area contributed by atoms with Gasteiger partial charge in [-0.2, -0.15) is 0 Å². The van der Waals surface area contributed by atoms with Gasteiger partial charge in [0.15, 0.2) is 0 Å². The van der Waals surface area contributed by atoms with Crippen molar-refractivity contribution in [1.29, 1.82) is 0 Å². The molecule has 1 heterocycles. The number of carbonyl (C=O) groups excluding carboxylic acids is 1. The summed E-state index contributed by atoms with van der Waals surface area (Å²) in [6.45, 7) is 3.72. The van der Waals surface area contributed by atoms with E-state index in [4.69, 9.17) is 4.74 Å². The van der Waals surface area contributed by atoms with Crippen LogP contribution >= 0.6 is 0 Å². The van der Waals surface area contributed by atoms with Crippen molar-refractivity contribution in [1.82, 2.24) is 15.5 Å². The molecule has 2 aromatic rings. The molecule has 3 rings (SSSR count). The molecule has 0 saturated carbocycles. The van der Waals surface area contributed by atoms with E-state index in [-0.39, 0.29) is 17.9 Å². The molecule has 6 heteroatoms. The molecule has 0 aliphatic carbocycles. The first kappa shape index (κ1) is 20.1. The predicted octanol–water partition coefficient (Wildman–Crippen LogP) is 3.73. The minimum absolute atomic E-state index is 0.165. The number of nitrogens with one attached hydrogen (secondary N) is 2. The molecule has 1 saturated heterocycles. The van der Waals surface area contributed by atoms with E-state index in [1.165, 1.54) is 30.5 Å². The van der Waals surface area contributed by atoms with Crippen molar-refractivity contribution < 1.29 is 13.9 Å². The summed E-state index contributed by atoms with van der Waals surface area (Å²) >= 11 is 0. The van der Waals surface area contributed by atoms with Gasteiger partial charge in [0.25, 0.3) is 0 Å². The highest BCUT2D eigenvalue weighted by Crippen LogP contribution is 2.24. The highest BCUT2D eigenvalue weighted by Gasteiger charge is 2.23. The van der Waals surface area contributed by atoms with Crippen LogP contribution in [0.15, 0.2) is 54.6 Å². The van der Waals surface area contributed by atoms with E-state index in [0.717, 1.165) is 13.1 Å². The Kier molecular flexibility index (Phi) is 7.67. The maximum Gasteiger partial charge on any atom is 0.314 e. The van der Waals surface area contributed by atoms with Gasteiger partial charge in [0, 0.05) is 13.1 Å². The van der Waals surface area contributed by atoms with Gasteiger partial charge in [-0.05, 0) is 62.2 Å². The first-order valence-corrected chi connectivity index (χ1v) is 9.91. The van der Waals surface area contributed by atoms with Gasteiger partial charge in [-0.15, -0.1) is 0 Å². The van der Waals surface area contributed by atoms with Crippen molar-refractivity contribution in [2.75, 3.05) is 32.8 Å². The molecule has 2 amide bonds. The number of benzene rings is 2. The molecule has 0 radical (unpaired) electrons. The van der Waals surface area contributed by atoms with Gasteiger partial charge in [-0.3, -0.25) is 4.90 Å². The summed E-state index contributed by atoms with van der Waals surface area (Å²) in [5, 5.41) is 5.87. The van der Waals surface area contributed by atoms with Crippen LogP contribution in [0.3, 0.4) is 0 Å². The quantitative estimate of drug-likeness (QED) is 0.647. The number of hydrogen-bond donors (Lipinski definition) is 2. The monoisotopic (exact) mass is 385 g/mol. The van der Waals surface area contributed by atoms with Gasteiger partial charge in [0.05, 0.1) is 12.6 Å². The van der Waals surface area contributed by atoms with Crippen molar-refractivity contribution in [3.05, 3.63) is 66.0 Å². The lowest BCUT2D eigenvalue weighted by Gasteiger charge is -2.28. The molecule has 0 aromatic heterocycles. The largest absolute Gasteiger partial charge is 0.494 e. The highest BCUT2D eigenvalue weighted by atomic mass is 19.1. The first-order chi connectivity index (χ1) is 13.7. The fraction of sp³-hybridized carbons (Fsp3) is 0.409. The Morgan fingerprint density at radius 3 is 2.46 bits per heavy atom. The van der Waals surface area contributed by atoms with Gasteiger partial charge in [-0.25, -0.2) is 9.18 Å². The molecule has 2 aromatic carbocycles. The number of ether oxygens (including phenoxy) is 1. The van der Waals surface area contributed by atoms with E-state index < -0.39 is 0 Å². The molecule has 0 bridgehead atoms. The van der Waals surface area contributed by atoms with Crippen molar-refractivity contribution in [3.8, 4) is 5.75 Å². The topological polar surface area (TPSA) is 53.6 Å². The second-order valence-electron chi connectivity index (χ2n) is 6.96. The lowest BCUT2D eigenvalue weighted by atomic mass is 10.1. The average molecular weight is 385 g/mol. The molecule has 1 aliphatic heterocycles. The van der Waals surface area contributed by atoms with Crippen molar-refractivity contribution in [2.24, 2.45) is 0 Å². The van der Waals surface area contributed by atoms with Crippen molar-refractivity contribution in [3.63, 3.8) is 0 Å². The summed E-state index contributed by atoms with van der Waals surface area (Å²) in [5.41, 5.74) is 1.23. The number of halogens is 1. The molecular formula is C22H28FN3O2. The molecule has 2 N–H and O–H groups in total. The van der Waals surface area contributed by atoms with E-state index in [1.54, 1.807) is 12.1 Å². The zero-order chi connectivity index (χ0) is 19.6. The third kappa shape index (κ3) is 6.23. The first-order valence-electron chi connectivity index (χ1n) is 9.91. The maximum atomic E-state index is 12.8. The Balaban J connectivity index is 1.36. The predicted molar refractivity (Wildman–Crippen MR) is 108 cm³/mol. The van der Waals surface area contributed by atoms with Crippen LogP contribution in [-0.4, -0.2) is 43.7 Å². The van der Waals surface area contributed by atoms with Crippen LogP contribution < -0.4 is 15.4 Å². The Hall–Kier alpha value is -2.60. The maximum absolute atomic E-state index is 12.8. The molecule has 1 aliphatic rings. The lowest BCUT2D eigenvalue weighted by molar-refractivity contribution is 0.220. The smallest absolute Gasteiger partial charge is 0.314 e. The number of nitrogens with zero attached hydrogens (tertiary/aromatic N) is 1. The minimum Gasteiger partial charge on any atom is -0.494 e. The summed E-state index contributed by atoms with van der Waals surface area (Å²) in [7, 11) is 0. The van der Waals surface area contributed by atoms with Crippen LogP contribution in [0.2, 0.25) is 0 Å². The minimum atomic E-state index is -0.284. The molecule has 1 atom stereocenters. The number of likely N-dealkylation sites (tertiary alicyclic amines) is 1. The van der Waals surface area contributed by atoms with Crippen LogP contribution in [0.1, 0.15) is 30.9 Å². The average Bonchev–Trinajstić information content (AvgIpc) is 3.25. The Morgan fingerprint density at radius 2 is 1.75 bits per heavy atom. The van der Waals surface area contributed by atoms with E-state index in [1.807, 2.05) is 18.2 Å². The van der Waals surface area contributed by atoms with Gasteiger partial charge in [0.1, 0.15) is 11.6 Å². The van der Waals surface area contributed by atoms with Crippen LogP contribution in [-0.2, 0) is 0 Å². The standard InChI is InChI=1S/C22H28FN3O2/c23-19-9-11-20(12-10-19)28-16-6-13-24-22(27)25-17-21(26-14-4-5-15-26)18-7-2-1-3-8-18/h1-3,7-12,21H,4-6,13-17H2,(H2,24,25,27). The third-order valence-electron chi connectivity index (χ3n) is 4.91. The van der Waals surface area contributed by atoms with E-state index in [0.29, 0.717) is 31.9 Å². The Labute approximate surface area is 165 Å². The lowest BCUT2D eigenvalue weighted by Crippen LogP contribution is -2.42. The van der Waals surface area contributed by atoms with Crippen molar-refractivity contribution in [2.45, 2.75) is 25.3 Å². The fourth-order valence-corrected chi connectivity index (χ4v) is 3.43. The van der Waals surface area contributed by atoms with Gasteiger partial charge in [0.2, 0.25) is 0 Å². The Morgan fingerprint density at radius 1 is 1.04 bits per heavy atom. The third-order valence-corrected chi connectivity index (χ3v) is 4.91. The second-order valence-corrected chi connectivity index (χ2v) is 6.96. The normalized spacial score (nSPS) is 15.2. The van der Waals surface area contributed by atoms with E-state index in [2.05, 4.69) is 27.7 Å². The molecule has 150 valence electrons.